The van der Waals surface area contributed by atoms with Crippen LogP contribution in [0.3, 0.4) is 0 Å². The van der Waals surface area contributed by atoms with Crippen molar-refractivity contribution in [3.63, 3.8) is 0 Å². The van der Waals surface area contributed by atoms with E-state index in [9.17, 15) is 9.59 Å². The molecule has 0 bridgehead atoms. The maximum absolute atomic E-state index is 12.4. The molecule has 0 aliphatic rings. The largest absolute Gasteiger partial charge is 0.342 e. The van der Waals surface area contributed by atoms with Crippen LogP contribution in [0.5, 0.6) is 0 Å². The SMILES string of the molecule is CCN(CC)C(=O)CN(C)C(=O)CSc1nncn1-c1ccc(C)c(Cl)c1. The van der Waals surface area contributed by atoms with E-state index >= 15 is 0 Å². The maximum Gasteiger partial charge on any atom is 0.242 e. The summed E-state index contributed by atoms with van der Waals surface area (Å²) in [6.07, 6.45) is 1.58. The van der Waals surface area contributed by atoms with E-state index in [2.05, 4.69) is 10.2 Å². The van der Waals surface area contributed by atoms with Crippen molar-refractivity contribution in [2.75, 3.05) is 32.4 Å². The molecule has 0 fully saturated rings. The Kier molecular flexibility index (Phi) is 7.67. The van der Waals surface area contributed by atoms with Crippen LogP contribution in [0.25, 0.3) is 5.69 Å². The van der Waals surface area contributed by atoms with Crippen molar-refractivity contribution < 1.29 is 9.59 Å². The van der Waals surface area contributed by atoms with Crippen LogP contribution in [0.4, 0.5) is 0 Å². The molecule has 0 N–H and O–H groups in total. The van der Waals surface area contributed by atoms with E-state index in [4.69, 9.17) is 11.6 Å². The van der Waals surface area contributed by atoms with Gasteiger partial charge in [0.1, 0.15) is 6.33 Å². The Morgan fingerprint density at radius 1 is 1.22 bits per heavy atom. The first kappa shape index (κ1) is 21.2. The topological polar surface area (TPSA) is 71.3 Å². The van der Waals surface area contributed by atoms with Crippen LogP contribution in [-0.2, 0) is 9.59 Å². The Morgan fingerprint density at radius 2 is 1.93 bits per heavy atom. The van der Waals surface area contributed by atoms with Crippen molar-refractivity contribution in [2.45, 2.75) is 25.9 Å². The fraction of sp³-hybridized carbons (Fsp3) is 0.444. The molecule has 7 nitrogen and oxygen atoms in total. The van der Waals surface area contributed by atoms with Crippen molar-refractivity contribution >= 4 is 35.2 Å². The van der Waals surface area contributed by atoms with Crippen molar-refractivity contribution in [1.82, 2.24) is 24.6 Å². The Bertz CT molecular complexity index is 807. The number of likely N-dealkylation sites (N-methyl/N-ethyl adjacent to an activating group) is 2. The van der Waals surface area contributed by atoms with Gasteiger partial charge in [0.05, 0.1) is 18.0 Å². The third kappa shape index (κ3) is 5.46. The van der Waals surface area contributed by atoms with E-state index in [-0.39, 0.29) is 24.1 Å². The molecule has 0 spiro atoms. The third-order valence-electron chi connectivity index (χ3n) is 4.19. The first-order chi connectivity index (χ1) is 12.9. The Labute approximate surface area is 168 Å². The minimum atomic E-state index is -0.142. The van der Waals surface area contributed by atoms with Crippen LogP contribution in [0.2, 0.25) is 5.02 Å². The molecule has 2 aromatic rings. The number of carbonyl (C=O) groups excluding carboxylic acids is 2. The van der Waals surface area contributed by atoms with Gasteiger partial charge in [-0.1, -0.05) is 29.4 Å². The number of halogens is 1. The van der Waals surface area contributed by atoms with Gasteiger partial charge in [0, 0.05) is 25.2 Å². The molecule has 0 unspecified atom stereocenters. The van der Waals surface area contributed by atoms with E-state index in [1.165, 1.54) is 16.7 Å². The van der Waals surface area contributed by atoms with E-state index in [0.29, 0.717) is 23.3 Å². The highest BCUT2D eigenvalue weighted by Crippen LogP contribution is 2.23. The first-order valence-electron chi connectivity index (χ1n) is 8.68. The van der Waals surface area contributed by atoms with E-state index < -0.39 is 0 Å². The highest BCUT2D eigenvalue weighted by Gasteiger charge is 2.18. The number of hydrogen-bond acceptors (Lipinski definition) is 5. The molecule has 27 heavy (non-hydrogen) atoms. The van der Waals surface area contributed by atoms with E-state index in [1.54, 1.807) is 22.8 Å². The second-order valence-electron chi connectivity index (χ2n) is 6.02. The second-order valence-corrected chi connectivity index (χ2v) is 7.37. The lowest BCUT2D eigenvalue weighted by Crippen LogP contribution is -2.41. The molecule has 146 valence electrons. The molecule has 2 amide bonds. The third-order valence-corrected chi connectivity index (χ3v) is 5.52. The molecule has 1 heterocycles. The number of aromatic nitrogens is 3. The van der Waals surface area contributed by atoms with E-state index in [1.807, 2.05) is 39.0 Å². The van der Waals surface area contributed by atoms with Crippen molar-refractivity contribution in [3.8, 4) is 5.69 Å². The smallest absolute Gasteiger partial charge is 0.242 e. The quantitative estimate of drug-likeness (QED) is 0.627. The number of rotatable bonds is 8. The number of nitrogens with zero attached hydrogens (tertiary/aromatic N) is 5. The minimum Gasteiger partial charge on any atom is -0.342 e. The Hall–Kier alpha value is -2.06. The molecule has 0 aliphatic heterocycles. The Balaban J connectivity index is 1.99. The summed E-state index contributed by atoms with van der Waals surface area (Å²) in [6.45, 7) is 7.11. The van der Waals surface area contributed by atoms with Gasteiger partial charge in [-0.3, -0.25) is 14.2 Å². The first-order valence-corrected chi connectivity index (χ1v) is 10.0. The molecular formula is C18H24ClN5O2S. The predicted octanol–water partition coefficient (Wildman–Crippen LogP) is 2.65. The fourth-order valence-electron chi connectivity index (χ4n) is 2.44. The fourth-order valence-corrected chi connectivity index (χ4v) is 3.48. The lowest BCUT2D eigenvalue weighted by atomic mass is 10.2. The van der Waals surface area contributed by atoms with Gasteiger partial charge < -0.3 is 9.80 Å². The molecule has 0 saturated carbocycles. The number of benzene rings is 1. The average Bonchev–Trinajstić information content (AvgIpc) is 3.11. The number of hydrogen-bond donors (Lipinski definition) is 0. The summed E-state index contributed by atoms with van der Waals surface area (Å²) < 4.78 is 1.78. The zero-order valence-corrected chi connectivity index (χ0v) is 17.5. The summed E-state index contributed by atoms with van der Waals surface area (Å²) in [6, 6.07) is 5.68. The monoisotopic (exact) mass is 409 g/mol. The zero-order chi connectivity index (χ0) is 20.0. The second kappa shape index (κ2) is 9.75. The van der Waals surface area contributed by atoms with Crippen LogP contribution < -0.4 is 0 Å². The molecule has 9 heteroatoms. The van der Waals surface area contributed by atoms with Gasteiger partial charge >= 0.3 is 0 Å². The van der Waals surface area contributed by atoms with Gasteiger partial charge in [-0.05, 0) is 38.5 Å². The highest BCUT2D eigenvalue weighted by molar-refractivity contribution is 7.99. The molecule has 1 aromatic heterocycles. The van der Waals surface area contributed by atoms with Gasteiger partial charge in [-0.2, -0.15) is 0 Å². The molecular weight excluding hydrogens is 386 g/mol. The molecule has 0 aliphatic carbocycles. The number of carbonyl (C=O) groups is 2. The van der Waals surface area contributed by atoms with Gasteiger partial charge in [-0.25, -0.2) is 0 Å². The van der Waals surface area contributed by atoms with E-state index in [0.717, 1.165) is 11.3 Å². The summed E-state index contributed by atoms with van der Waals surface area (Å²) in [5.41, 5.74) is 1.81. The van der Waals surface area contributed by atoms with Crippen molar-refractivity contribution in [3.05, 3.63) is 35.1 Å². The molecule has 0 atom stereocenters. The number of amides is 2. The van der Waals surface area contributed by atoms with Gasteiger partial charge in [0.2, 0.25) is 11.8 Å². The minimum absolute atomic E-state index is 0.0571. The number of aryl methyl sites for hydroxylation is 1. The maximum atomic E-state index is 12.4. The molecule has 1 aromatic carbocycles. The summed E-state index contributed by atoms with van der Waals surface area (Å²) in [4.78, 5) is 27.7. The summed E-state index contributed by atoms with van der Waals surface area (Å²) in [5, 5.41) is 9.25. The van der Waals surface area contributed by atoms with Crippen LogP contribution in [0, 0.1) is 6.92 Å². The van der Waals surface area contributed by atoms with Crippen molar-refractivity contribution in [1.29, 1.82) is 0 Å². The normalized spacial score (nSPS) is 10.7. The average molecular weight is 410 g/mol. The summed E-state index contributed by atoms with van der Waals surface area (Å²) in [7, 11) is 1.63. The van der Waals surface area contributed by atoms with Crippen LogP contribution in [0.15, 0.2) is 29.7 Å². The standard InChI is InChI=1S/C18H24ClN5O2S/c1-5-23(6-2)16(25)10-22(4)17(26)11-27-18-21-20-12-24(18)14-8-7-13(3)15(19)9-14/h7-9,12H,5-6,10-11H2,1-4H3. The molecule has 0 radical (unpaired) electrons. The van der Waals surface area contributed by atoms with Gasteiger partial charge in [-0.15, -0.1) is 10.2 Å². The Morgan fingerprint density at radius 3 is 2.56 bits per heavy atom. The number of thioether (sulfide) groups is 1. The highest BCUT2D eigenvalue weighted by atomic mass is 35.5. The lowest BCUT2D eigenvalue weighted by molar-refractivity contribution is -0.137. The van der Waals surface area contributed by atoms with Gasteiger partial charge in [0.25, 0.3) is 0 Å². The van der Waals surface area contributed by atoms with Crippen LogP contribution in [-0.4, -0.2) is 68.8 Å². The summed E-state index contributed by atoms with van der Waals surface area (Å²) in [5.74, 6) is -0.0318. The predicted molar refractivity (Wildman–Crippen MR) is 107 cm³/mol. The zero-order valence-electron chi connectivity index (χ0n) is 16.0. The van der Waals surface area contributed by atoms with Crippen LogP contribution in [0.1, 0.15) is 19.4 Å². The molecule has 0 saturated heterocycles. The lowest BCUT2D eigenvalue weighted by Gasteiger charge is -2.23. The summed E-state index contributed by atoms with van der Waals surface area (Å²) >= 11 is 7.46. The van der Waals surface area contributed by atoms with Gasteiger partial charge in [0.15, 0.2) is 5.16 Å². The molecule has 2 rings (SSSR count). The van der Waals surface area contributed by atoms with Crippen LogP contribution >= 0.6 is 23.4 Å². The van der Waals surface area contributed by atoms with Crippen molar-refractivity contribution in [2.24, 2.45) is 0 Å².